The van der Waals surface area contributed by atoms with Gasteiger partial charge in [-0.25, -0.2) is 28.7 Å². The number of ether oxygens (including phenoxy) is 1. The van der Waals surface area contributed by atoms with E-state index in [1.807, 2.05) is 0 Å². The van der Waals surface area contributed by atoms with Crippen molar-refractivity contribution in [1.82, 2.24) is 24.5 Å². The van der Waals surface area contributed by atoms with Gasteiger partial charge in [-0.3, -0.25) is 4.79 Å². The van der Waals surface area contributed by atoms with Crippen LogP contribution in [0.2, 0.25) is 0 Å². The Labute approximate surface area is 233 Å². The molecule has 9 nitrogen and oxygen atoms in total. The van der Waals surface area contributed by atoms with Crippen molar-refractivity contribution < 1.29 is 18.3 Å². The minimum absolute atomic E-state index is 0.00935. The van der Waals surface area contributed by atoms with Gasteiger partial charge in [0.25, 0.3) is 5.91 Å². The number of fused-ring (bicyclic) bond motifs is 1. The van der Waals surface area contributed by atoms with E-state index in [-0.39, 0.29) is 35.0 Å². The van der Waals surface area contributed by atoms with Crippen molar-refractivity contribution in [3.05, 3.63) is 84.5 Å². The summed E-state index contributed by atoms with van der Waals surface area (Å²) in [5.41, 5.74) is 9.60. The van der Waals surface area contributed by atoms with Gasteiger partial charge in [0, 0.05) is 41.3 Å². The molecule has 5 aromatic rings. The number of amides is 1. The number of nitrogens with one attached hydrogen (secondary N) is 1. The molecule has 1 fully saturated rings. The number of carbonyl (C=O) groups excluding carboxylic acids is 1. The highest BCUT2D eigenvalue weighted by Crippen LogP contribution is 2.43. The van der Waals surface area contributed by atoms with E-state index in [2.05, 4.69) is 31.8 Å². The van der Waals surface area contributed by atoms with Crippen LogP contribution < -0.4 is 15.8 Å². The van der Waals surface area contributed by atoms with Crippen LogP contribution in [0.15, 0.2) is 67.1 Å². The number of hydrogen-bond acceptors (Lipinski definition) is 7. The maximum absolute atomic E-state index is 15.7. The zero-order valence-corrected chi connectivity index (χ0v) is 22.3. The van der Waals surface area contributed by atoms with Crippen molar-refractivity contribution in [1.29, 1.82) is 0 Å². The van der Waals surface area contributed by atoms with Gasteiger partial charge >= 0.3 is 6.01 Å². The lowest BCUT2D eigenvalue weighted by Gasteiger charge is -2.13. The lowest BCUT2D eigenvalue weighted by Crippen LogP contribution is -2.15. The van der Waals surface area contributed by atoms with Gasteiger partial charge in [0.2, 0.25) is 0 Å². The van der Waals surface area contributed by atoms with E-state index in [1.165, 1.54) is 30.7 Å². The molecular weight excluding hydrogens is 528 g/mol. The van der Waals surface area contributed by atoms with Gasteiger partial charge in [-0.15, -0.1) is 0 Å². The summed E-state index contributed by atoms with van der Waals surface area (Å²) in [6.45, 7) is 5.62. The molecule has 0 radical (unpaired) electrons. The van der Waals surface area contributed by atoms with Crippen molar-refractivity contribution in [3.63, 3.8) is 0 Å². The first-order valence-corrected chi connectivity index (χ1v) is 12.9. The van der Waals surface area contributed by atoms with Crippen LogP contribution in [0.1, 0.15) is 18.5 Å². The topological polar surface area (TPSA) is 121 Å². The molecule has 0 aliphatic heterocycles. The maximum Gasteiger partial charge on any atom is 0.322 e. The number of aromatic nitrogens is 5. The van der Waals surface area contributed by atoms with Crippen molar-refractivity contribution >= 4 is 28.4 Å². The third kappa shape index (κ3) is 4.86. The highest BCUT2D eigenvalue weighted by atomic mass is 19.1. The predicted molar refractivity (Wildman–Crippen MR) is 151 cm³/mol. The molecule has 3 aromatic heterocycles. The average molecular weight is 554 g/mol. The van der Waals surface area contributed by atoms with E-state index in [0.717, 1.165) is 12.8 Å². The number of nitrogens with zero attached hydrogens (tertiary/aromatic N) is 5. The van der Waals surface area contributed by atoms with Gasteiger partial charge in [0.05, 0.1) is 11.1 Å². The Morgan fingerprint density at radius 2 is 1.90 bits per heavy atom. The van der Waals surface area contributed by atoms with Crippen LogP contribution in [0.5, 0.6) is 11.8 Å². The maximum atomic E-state index is 15.7. The highest BCUT2D eigenvalue weighted by molar-refractivity contribution is 6.08. The quantitative estimate of drug-likeness (QED) is 0.239. The summed E-state index contributed by atoms with van der Waals surface area (Å²) in [7, 11) is 1.71. The molecule has 3 heterocycles. The van der Waals surface area contributed by atoms with Gasteiger partial charge in [-0.05, 0) is 67.6 Å². The zero-order valence-electron chi connectivity index (χ0n) is 22.3. The number of nitrogen functional groups attached to an aromatic ring is 1. The summed E-state index contributed by atoms with van der Waals surface area (Å²) in [6, 6.07) is 10.5. The summed E-state index contributed by atoms with van der Waals surface area (Å²) >= 11 is 0. The molecule has 0 bridgehead atoms. The Morgan fingerprint density at radius 3 is 2.61 bits per heavy atom. The molecular formula is C30H25F2N7O2. The Morgan fingerprint density at radius 1 is 1.10 bits per heavy atom. The third-order valence-corrected chi connectivity index (χ3v) is 7.03. The Bertz CT molecular complexity index is 1860. The lowest BCUT2D eigenvalue weighted by molar-refractivity contribution is -0.113. The van der Waals surface area contributed by atoms with Gasteiger partial charge in [0.1, 0.15) is 23.6 Å². The smallest absolute Gasteiger partial charge is 0.322 e. The predicted octanol–water partition coefficient (Wildman–Crippen LogP) is 5.96. The monoisotopic (exact) mass is 553 g/mol. The number of aryl methyl sites for hydroxylation is 2. The molecule has 2 aromatic carbocycles. The number of halogens is 2. The second-order valence-electron chi connectivity index (χ2n) is 9.92. The third-order valence-electron chi connectivity index (χ3n) is 7.03. The summed E-state index contributed by atoms with van der Waals surface area (Å²) < 4.78 is 38.3. The van der Waals surface area contributed by atoms with Crippen LogP contribution >= 0.6 is 0 Å². The van der Waals surface area contributed by atoms with E-state index in [0.29, 0.717) is 44.8 Å². The first kappa shape index (κ1) is 26.1. The first-order valence-electron chi connectivity index (χ1n) is 12.9. The van der Waals surface area contributed by atoms with Crippen molar-refractivity contribution in [2.45, 2.75) is 19.8 Å². The Hall–Kier alpha value is -5.19. The number of anilines is 2. The van der Waals surface area contributed by atoms with Crippen molar-refractivity contribution in [2.75, 3.05) is 11.1 Å². The minimum Gasteiger partial charge on any atom is -0.421 e. The number of rotatable bonds is 7. The van der Waals surface area contributed by atoms with Gasteiger partial charge < -0.3 is 20.4 Å². The Balaban J connectivity index is 1.43. The number of benzene rings is 2. The van der Waals surface area contributed by atoms with E-state index in [1.54, 1.807) is 42.8 Å². The molecule has 41 heavy (non-hydrogen) atoms. The normalized spacial score (nSPS) is 12.9. The van der Waals surface area contributed by atoms with E-state index < -0.39 is 11.6 Å². The minimum atomic E-state index is -0.680. The molecule has 0 unspecified atom stereocenters. The molecule has 1 aliphatic carbocycles. The molecule has 0 atom stereocenters. The van der Waals surface area contributed by atoms with E-state index in [9.17, 15) is 4.79 Å². The highest BCUT2D eigenvalue weighted by Gasteiger charge is 2.29. The van der Waals surface area contributed by atoms with E-state index in [4.69, 9.17) is 10.5 Å². The molecule has 0 spiro atoms. The van der Waals surface area contributed by atoms with Crippen molar-refractivity contribution in [3.8, 4) is 34.1 Å². The first-order chi connectivity index (χ1) is 19.7. The fourth-order valence-corrected chi connectivity index (χ4v) is 4.80. The fraction of sp³-hybridized carbons (Fsp3) is 0.167. The fourth-order valence-electron chi connectivity index (χ4n) is 4.80. The standard InChI is InChI=1S/C30H25F2N7O2/c1-15-10-11-34-30(37-15)41-23-9-6-18(12-22(23)32)24-25-27(33)35-14-36-28(25)39(3)26(24)20-8-7-19(13-21(20)31)38-29(40)16(2)17-4-5-17/h6-14,17H,2,4-5H2,1,3H3,(H,38,40)(H2,33,35,36). The van der Waals surface area contributed by atoms with E-state index >= 15 is 8.78 Å². The molecule has 1 saturated carbocycles. The molecule has 6 rings (SSSR count). The summed E-state index contributed by atoms with van der Waals surface area (Å²) in [5, 5.41) is 3.16. The van der Waals surface area contributed by atoms with Crippen LogP contribution in [-0.4, -0.2) is 30.4 Å². The molecule has 1 amide bonds. The van der Waals surface area contributed by atoms with Crippen molar-refractivity contribution in [2.24, 2.45) is 13.0 Å². The SMILES string of the molecule is C=C(C(=O)Nc1ccc(-c2c(-c3ccc(Oc4nccc(C)n4)c(F)c3)c3c(N)ncnc3n2C)c(F)c1)C1CC1. The van der Waals surface area contributed by atoms with Gasteiger partial charge in [-0.1, -0.05) is 12.6 Å². The largest absolute Gasteiger partial charge is 0.421 e. The average Bonchev–Trinajstić information content (AvgIpc) is 3.74. The van der Waals surface area contributed by atoms with Crippen LogP contribution in [0.4, 0.5) is 20.3 Å². The second-order valence-corrected chi connectivity index (χ2v) is 9.92. The second kappa shape index (κ2) is 10.1. The van der Waals surface area contributed by atoms with Gasteiger partial charge in [0.15, 0.2) is 11.6 Å². The van der Waals surface area contributed by atoms with Gasteiger partial charge in [-0.2, -0.15) is 0 Å². The molecule has 206 valence electrons. The zero-order chi connectivity index (χ0) is 28.8. The molecule has 3 N–H and O–H groups in total. The molecule has 0 saturated heterocycles. The number of hydrogen-bond donors (Lipinski definition) is 2. The number of carbonyl (C=O) groups is 1. The Kier molecular flexibility index (Phi) is 6.41. The molecule has 1 aliphatic rings. The van der Waals surface area contributed by atoms with Crippen LogP contribution in [-0.2, 0) is 11.8 Å². The molecule has 11 heteroatoms. The van der Waals surface area contributed by atoms with Crippen LogP contribution in [0.3, 0.4) is 0 Å². The summed E-state index contributed by atoms with van der Waals surface area (Å²) in [4.78, 5) is 29.1. The number of nitrogens with two attached hydrogens (primary N) is 1. The summed E-state index contributed by atoms with van der Waals surface area (Å²) in [5.74, 6) is -1.35. The lowest BCUT2D eigenvalue weighted by atomic mass is 9.98. The summed E-state index contributed by atoms with van der Waals surface area (Å²) in [6.07, 6.45) is 4.70. The van der Waals surface area contributed by atoms with Crippen LogP contribution in [0, 0.1) is 24.5 Å². The van der Waals surface area contributed by atoms with Crippen LogP contribution in [0.25, 0.3) is 33.4 Å².